The van der Waals surface area contributed by atoms with Gasteiger partial charge in [-0.15, -0.1) is 0 Å². The standard InChI is InChI=1S/C21H28FN5O2/c1-14-20(23)15(2)25-21(24-14)29-13-19(28)26(3)18-8-10-27(11-9-18)12-16-4-6-17(22)7-5-16/h4-7,18H,8-13,23H2,1-3H3. The second kappa shape index (κ2) is 9.17. The second-order valence-electron chi connectivity index (χ2n) is 7.52. The van der Waals surface area contributed by atoms with Crippen LogP contribution in [0.2, 0.25) is 0 Å². The van der Waals surface area contributed by atoms with Crippen molar-refractivity contribution in [1.29, 1.82) is 0 Å². The number of nitrogens with two attached hydrogens (primary N) is 1. The van der Waals surface area contributed by atoms with E-state index in [1.54, 1.807) is 18.7 Å². The van der Waals surface area contributed by atoms with Gasteiger partial charge >= 0.3 is 6.01 Å². The van der Waals surface area contributed by atoms with E-state index in [0.717, 1.165) is 38.0 Å². The third-order valence-corrected chi connectivity index (χ3v) is 5.45. The Bertz CT molecular complexity index is 828. The SMILES string of the molecule is Cc1nc(OCC(=O)N(C)C2CCN(Cc3ccc(F)cc3)CC2)nc(C)c1N. The van der Waals surface area contributed by atoms with Crippen molar-refractivity contribution in [2.45, 2.75) is 39.3 Å². The fourth-order valence-electron chi connectivity index (χ4n) is 3.50. The van der Waals surface area contributed by atoms with Crippen molar-refractivity contribution in [1.82, 2.24) is 19.8 Å². The molecule has 7 nitrogen and oxygen atoms in total. The van der Waals surface area contributed by atoms with Crippen LogP contribution in [0.25, 0.3) is 0 Å². The highest BCUT2D eigenvalue weighted by molar-refractivity contribution is 5.77. The van der Waals surface area contributed by atoms with Crippen LogP contribution in [0.3, 0.4) is 0 Å². The van der Waals surface area contributed by atoms with Crippen molar-refractivity contribution in [3.05, 3.63) is 47.0 Å². The minimum Gasteiger partial charge on any atom is -0.453 e. The second-order valence-corrected chi connectivity index (χ2v) is 7.52. The number of carbonyl (C=O) groups excluding carboxylic acids is 1. The quantitative estimate of drug-likeness (QED) is 0.800. The molecule has 156 valence electrons. The van der Waals surface area contributed by atoms with E-state index < -0.39 is 0 Å². The Morgan fingerprint density at radius 3 is 2.38 bits per heavy atom. The molecule has 1 aromatic heterocycles. The molecule has 0 aliphatic carbocycles. The number of nitrogen functional groups attached to an aromatic ring is 1. The number of aryl methyl sites for hydroxylation is 2. The van der Waals surface area contributed by atoms with Crippen LogP contribution in [0.15, 0.2) is 24.3 Å². The van der Waals surface area contributed by atoms with Crippen LogP contribution in [0.5, 0.6) is 6.01 Å². The van der Waals surface area contributed by atoms with Gasteiger partial charge in [0.25, 0.3) is 5.91 Å². The zero-order valence-electron chi connectivity index (χ0n) is 17.2. The minimum atomic E-state index is -0.218. The molecule has 1 amide bonds. The fraction of sp³-hybridized carbons (Fsp3) is 0.476. The van der Waals surface area contributed by atoms with E-state index in [9.17, 15) is 9.18 Å². The summed E-state index contributed by atoms with van der Waals surface area (Å²) in [6.07, 6.45) is 1.78. The number of amides is 1. The summed E-state index contributed by atoms with van der Waals surface area (Å²) in [5, 5.41) is 0. The number of likely N-dealkylation sites (tertiary alicyclic amines) is 1. The predicted molar refractivity (Wildman–Crippen MR) is 109 cm³/mol. The maximum absolute atomic E-state index is 13.0. The number of piperidine rings is 1. The van der Waals surface area contributed by atoms with Gasteiger partial charge in [0.1, 0.15) is 5.82 Å². The van der Waals surface area contributed by atoms with Crippen molar-refractivity contribution < 1.29 is 13.9 Å². The van der Waals surface area contributed by atoms with Crippen LogP contribution in [-0.2, 0) is 11.3 Å². The van der Waals surface area contributed by atoms with E-state index in [2.05, 4.69) is 14.9 Å². The highest BCUT2D eigenvalue weighted by Crippen LogP contribution is 2.19. The zero-order valence-corrected chi connectivity index (χ0v) is 17.2. The van der Waals surface area contributed by atoms with E-state index in [1.165, 1.54) is 12.1 Å². The number of carbonyl (C=O) groups is 1. The van der Waals surface area contributed by atoms with Crippen molar-refractivity contribution >= 4 is 11.6 Å². The largest absolute Gasteiger partial charge is 0.453 e. The molecule has 1 fully saturated rings. The van der Waals surface area contributed by atoms with Crippen LogP contribution >= 0.6 is 0 Å². The molecule has 0 atom stereocenters. The summed E-state index contributed by atoms with van der Waals surface area (Å²) in [5.41, 5.74) is 8.75. The Morgan fingerprint density at radius 2 is 1.79 bits per heavy atom. The zero-order chi connectivity index (χ0) is 21.0. The van der Waals surface area contributed by atoms with E-state index in [0.29, 0.717) is 17.1 Å². The van der Waals surface area contributed by atoms with Crippen molar-refractivity contribution in [2.75, 3.05) is 32.5 Å². The molecular weight excluding hydrogens is 373 g/mol. The first kappa shape index (κ1) is 21.0. The average molecular weight is 401 g/mol. The van der Waals surface area contributed by atoms with Crippen LogP contribution in [-0.4, -0.2) is 58.5 Å². The van der Waals surface area contributed by atoms with Gasteiger partial charge < -0.3 is 15.4 Å². The molecule has 2 N–H and O–H groups in total. The van der Waals surface area contributed by atoms with Crippen LogP contribution in [0.1, 0.15) is 29.8 Å². The molecule has 1 aromatic carbocycles. The van der Waals surface area contributed by atoms with Gasteiger partial charge in [0.2, 0.25) is 0 Å². The number of rotatable bonds is 6. The highest BCUT2D eigenvalue weighted by Gasteiger charge is 2.25. The number of hydrogen-bond acceptors (Lipinski definition) is 6. The Kier molecular flexibility index (Phi) is 6.64. The molecule has 2 aromatic rings. The van der Waals surface area contributed by atoms with Gasteiger partial charge in [-0.1, -0.05) is 12.1 Å². The van der Waals surface area contributed by atoms with Gasteiger partial charge in [0.15, 0.2) is 6.61 Å². The van der Waals surface area contributed by atoms with Crippen LogP contribution in [0, 0.1) is 19.7 Å². The number of hydrogen-bond donors (Lipinski definition) is 1. The smallest absolute Gasteiger partial charge is 0.317 e. The molecule has 2 heterocycles. The predicted octanol–water partition coefficient (Wildman–Crippen LogP) is 2.32. The lowest BCUT2D eigenvalue weighted by Gasteiger charge is -2.36. The number of anilines is 1. The number of halogens is 1. The van der Waals surface area contributed by atoms with Gasteiger partial charge in [0, 0.05) is 32.7 Å². The Morgan fingerprint density at radius 1 is 1.21 bits per heavy atom. The topological polar surface area (TPSA) is 84.6 Å². The molecule has 1 saturated heterocycles. The number of likely N-dealkylation sites (N-methyl/N-ethyl adjacent to an activating group) is 1. The summed E-state index contributed by atoms with van der Waals surface area (Å²) in [7, 11) is 1.81. The Labute approximate surface area is 170 Å². The van der Waals surface area contributed by atoms with E-state index in [4.69, 9.17) is 10.5 Å². The lowest BCUT2D eigenvalue weighted by atomic mass is 10.0. The van der Waals surface area contributed by atoms with Gasteiger partial charge in [-0.3, -0.25) is 9.69 Å². The molecule has 29 heavy (non-hydrogen) atoms. The molecule has 0 spiro atoms. The summed E-state index contributed by atoms with van der Waals surface area (Å²) in [6.45, 7) is 6.03. The molecular formula is C21H28FN5O2. The van der Waals surface area contributed by atoms with Gasteiger partial charge in [-0.05, 0) is 44.4 Å². The first-order valence-corrected chi connectivity index (χ1v) is 9.79. The van der Waals surface area contributed by atoms with Crippen molar-refractivity contribution in [3.8, 4) is 6.01 Å². The minimum absolute atomic E-state index is 0.0993. The molecule has 1 aliphatic rings. The summed E-state index contributed by atoms with van der Waals surface area (Å²) in [6, 6.07) is 6.95. The molecule has 0 unspecified atom stereocenters. The van der Waals surface area contributed by atoms with Gasteiger partial charge in [0.05, 0.1) is 17.1 Å². The molecule has 0 saturated carbocycles. The third-order valence-electron chi connectivity index (χ3n) is 5.45. The molecule has 0 bridgehead atoms. The Balaban J connectivity index is 1.46. The molecule has 0 radical (unpaired) electrons. The summed E-state index contributed by atoms with van der Waals surface area (Å²) < 4.78 is 18.5. The first-order chi connectivity index (χ1) is 13.8. The number of aromatic nitrogens is 2. The summed E-state index contributed by atoms with van der Waals surface area (Å²) >= 11 is 0. The first-order valence-electron chi connectivity index (χ1n) is 9.79. The summed E-state index contributed by atoms with van der Waals surface area (Å²) in [4.78, 5) is 25.0. The monoisotopic (exact) mass is 401 g/mol. The summed E-state index contributed by atoms with van der Waals surface area (Å²) in [5.74, 6) is -0.317. The van der Waals surface area contributed by atoms with Gasteiger partial charge in [-0.25, -0.2) is 4.39 Å². The maximum atomic E-state index is 13.0. The van der Waals surface area contributed by atoms with Crippen molar-refractivity contribution in [2.24, 2.45) is 0 Å². The fourth-order valence-corrected chi connectivity index (χ4v) is 3.50. The van der Waals surface area contributed by atoms with E-state index >= 15 is 0 Å². The number of benzene rings is 1. The molecule has 1 aliphatic heterocycles. The molecule has 8 heteroatoms. The van der Waals surface area contributed by atoms with Crippen LogP contribution in [0.4, 0.5) is 10.1 Å². The Hall–Kier alpha value is -2.74. The van der Waals surface area contributed by atoms with Crippen molar-refractivity contribution in [3.63, 3.8) is 0 Å². The lowest BCUT2D eigenvalue weighted by Crippen LogP contribution is -2.46. The third kappa shape index (κ3) is 5.41. The molecule has 3 rings (SSSR count). The average Bonchev–Trinajstić information content (AvgIpc) is 2.72. The highest BCUT2D eigenvalue weighted by atomic mass is 19.1. The van der Waals surface area contributed by atoms with Crippen LogP contribution < -0.4 is 10.5 Å². The van der Waals surface area contributed by atoms with E-state index in [-0.39, 0.29) is 30.4 Å². The maximum Gasteiger partial charge on any atom is 0.317 e. The lowest BCUT2D eigenvalue weighted by molar-refractivity contribution is -0.135. The van der Waals surface area contributed by atoms with Gasteiger partial charge in [-0.2, -0.15) is 9.97 Å². The normalized spacial score (nSPS) is 15.3. The number of ether oxygens (including phenoxy) is 1. The number of nitrogens with zero attached hydrogens (tertiary/aromatic N) is 4. The van der Waals surface area contributed by atoms with E-state index in [1.807, 2.05) is 19.2 Å².